The number of rotatable bonds is 3. The third-order valence-electron chi connectivity index (χ3n) is 5.35. The molecule has 26 heavy (non-hydrogen) atoms. The molecule has 1 amide bonds. The van der Waals surface area contributed by atoms with E-state index in [4.69, 9.17) is 0 Å². The quantitative estimate of drug-likeness (QED) is 0.857. The molecule has 2 fully saturated rings. The van der Waals surface area contributed by atoms with Crippen molar-refractivity contribution in [2.75, 3.05) is 31.1 Å². The molecule has 0 unspecified atom stereocenters. The third-order valence-corrected chi connectivity index (χ3v) is 5.35. The molecule has 0 N–H and O–H groups in total. The van der Waals surface area contributed by atoms with Crippen LogP contribution >= 0.6 is 0 Å². The highest BCUT2D eigenvalue weighted by Gasteiger charge is 2.45. The van der Waals surface area contributed by atoms with E-state index in [1.54, 1.807) is 18.3 Å². The number of aromatic nitrogens is 1. The van der Waals surface area contributed by atoms with Crippen LogP contribution in [-0.4, -0.2) is 42.0 Å². The van der Waals surface area contributed by atoms with E-state index < -0.39 is 0 Å². The van der Waals surface area contributed by atoms with Crippen molar-refractivity contribution in [1.82, 2.24) is 9.88 Å². The summed E-state index contributed by atoms with van der Waals surface area (Å²) in [6, 6.07) is 16.1. The number of carbonyl (C=O) groups excluding carboxylic acids is 1. The highest BCUT2D eigenvalue weighted by Crippen LogP contribution is 2.48. The second-order valence-corrected chi connectivity index (χ2v) is 7.01. The lowest BCUT2D eigenvalue weighted by Gasteiger charge is -2.23. The van der Waals surface area contributed by atoms with E-state index in [2.05, 4.69) is 28.1 Å². The van der Waals surface area contributed by atoms with E-state index in [1.807, 2.05) is 23.1 Å². The van der Waals surface area contributed by atoms with E-state index in [9.17, 15) is 10.1 Å². The first-order valence-corrected chi connectivity index (χ1v) is 9.21. The average molecular weight is 346 g/mol. The van der Waals surface area contributed by atoms with Gasteiger partial charge in [-0.2, -0.15) is 5.26 Å². The molecule has 1 aromatic heterocycles. The molecule has 5 nitrogen and oxygen atoms in total. The van der Waals surface area contributed by atoms with Crippen molar-refractivity contribution in [3.05, 3.63) is 59.8 Å². The Morgan fingerprint density at radius 3 is 2.73 bits per heavy atom. The maximum absolute atomic E-state index is 12.9. The van der Waals surface area contributed by atoms with Crippen LogP contribution in [0, 0.1) is 17.2 Å². The second-order valence-electron chi connectivity index (χ2n) is 7.01. The van der Waals surface area contributed by atoms with Gasteiger partial charge in [0.05, 0.1) is 5.56 Å². The van der Waals surface area contributed by atoms with Crippen LogP contribution in [0.2, 0.25) is 0 Å². The minimum atomic E-state index is 0.133. The molecule has 5 heteroatoms. The number of hydrogen-bond acceptors (Lipinski definition) is 4. The molecule has 0 bridgehead atoms. The van der Waals surface area contributed by atoms with E-state index in [0.717, 1.165) is 38.3 Å². The van der Waals surface area contributed by atoms with Gasteiger partial charge in [0.25, 0.3) is 0 Å². The minimum absolute atomic E-state index is 0.133. The SMILES string of the molecule is N#Cc1cccnc1N1CCCN(C(=O)[C@@H]2C[C@@H]2c2ccccc2)CC1. The Kier molecular flexibility index (Phi) is 4.57. The van der Waals surface area contributed by atoms with E-state index >= 15 is 0 Å². The second kappa shape index (κ2) is 7.17. The molecule has 2 aliphatic rings. The molecule has 1 aliphatic heterocycles. The van der Waals surface area contributed by atoms with Gasteiger partial charge < -0.3 is 9.80 Å². The van der Waals surface area contributed by atoms with Crippen LogP contribution in [0.5, 0.6) is 0 Å². The van der Waals surface area contributed by atoms with Crippen LogP contribution in [0.4, 0.5) is 5.82 Å². The summed E-state index contributed by atoms with van der Waals surface area (Å²) in [5, 5.41) is 9.30. The minimum Gasteiger partial charge on any atom is -0.354 e. The van der Waals surface area contributed by atoms with Gasteiger partial charge in [-0.1, -0.05) is 30.3 Å². The summed E-state index contributed by atoms with van der Waals surface area (Å²) in [6.07, 6.45) is 3.58. The number of anilines is 1. The number of pyridine rings is 1. The van der Waals surface area contributed by atoms with Crippen LogP contribution in [0.15, 0.2) is 48.7 Å². The Hall–Kier alpha value is -2.87. The first kappa shape index (κ1) is 16.6. The lowest BCUT2D eigenvalue weighted by molar-refractivity contribution is -0.132. The summed E-state index contributed by atoms with van der Waals surface area (Å²) in [5.74, 6) is 1.53. The summed E-state index contributed by atoms with van der Waals surface area (Å²) in [4.78, 5) is 21.4. The van der Waals surface area contributed by atoms with Gasteiger partial charge >= 0.3 is 0 Å². The van der Waals surface area contributed by atoms with Gasteiger partial charge in [-0.25, -0.2) is 4.98 Å². The molecular weight excluding hydrogens is 324 g/mol. The van der Waals surface area contributed by atoms with Crippen molar-refractivity contribution >= 4 is 11.7 Å². The Morgan fingerprint density at radius 2 is 1.92 bits per heavy atom. The Bertz CT molecular complexity index is 829. The molecule has 4 rings (SSSR count). The fourth-order valence-electron chi connectivity index (χ4n) is 3.86. The molecule has 1 saturated carbocycles. The van der Waals surface area contributed by atoms with Crippen molar-refractivity contribution < 1.29 is 4.79 Å². The molecule has 1 aliphatic carbocycles. The molecule has 0 spiro atoms. The fourth-order valence-corrected chi connectivity index (χ4v) is 3.86. The number of nitrogens with zero attached hydrogens (tertiary/aromatic N) is 4. The molecular formula is C21H22N4O. The lowest BCUT2D eigenvalue weighted by Crippen LogP contribution is -2.36. The van der Waals surface area contributed by atoms with Gasteiger partial charge in [0.2, 0.25) is 5.91 Å². The molecule has 2 atom stereocenters. The predicted molar refractivity (Wildman–Crippen MR) is 99.7 cm³/mol. The molecule has 0 radical (unpaired) electrons. The molecule has 132 valence electrons. The summed E-state index contributed by atoms with van der Waals surface area (Å²) >= 11 is 0. The van der Waals surface area contributed by atoms with Gasteiger partial charge in [0, 0.05) is 38.3 Å². The summed E-state index contributed by atoms with van der Waals surface area (Å²) in [5.41, 5.74) is 1.87. The Labute approximate surface area is 153 Å². The molecule has 2 heterocycles. The fraction of sp³-hybridized carbons (Fsp3) is 0.381. The third kappa shape index (κ3) is 3.28. The highest BCUT2D eigenvalue weighted by molar-refractivity contribution is 5.83. The van der Waals surface area contributed by atoms with Crippen molar-refractivity contribution in [2.45, 2.75) is 18.8 Å². The number of benzene rings is 1. The zero-order chi connectivity index (χ0) is 17.9. The van der Waals surface area contributed by atoms with Gasteiger partial charge in [0.1, 0.15) is 11.9 Å². The first-order chi connectivity index (χ1) is 12.8. The van der Waals surface area contributed by atoms with Crippen molar-refractivity contribution in [3.63, 3.8) is 0 Å². The van der Waals surface area contributed by atoms with Gasteiger partial charge in [-0.3, -0.25) is 4.79 Å². The first-order valence-electron chi connectivity index (χ1n) is 9.21. The zero-order valence-corrected chi connectivity index (χ0v) is 14.7. The van der Waals surface area contributed by atoms with Gasteiger partial charge in [-0.15, -0.1) is 0 Å². The van der Waals surface area contributed by atoms with E-state index in [1.165, 1.54) is 5.56 Å². The number of carbonyl (C=O) groups is 1. The average Bonchev–Trinajstić information content (AvgIpc) is 3.52. The predicted octanol–water partition coefficient (Wildman–Crippen LogP) is 2.80. The van der Waals surface area contributed by atoms with Crippen LogP contribution in [0.1, 0.15) is 29.9 Å². The maximum atomic E-state index is 12.9. The Morgan fingerprint density at radius 1 is 1.08 bits per heavy atom. The van der Waals surface area contributed by atoms with Crippen LogP contribution in [0.3, 0.4) is 0 Å². The van der Waals surface area contributed by atoms with Crippen LogP contribution < -0.4 is 4.90 Å². The highest BCUT2D eigenvalue weighted by atomic mass is 16.2. The Balaban J connectivity index is 1.40. The molecule has 1 saturated heterocycles. The maximum Gasteiger partial charge on any atom is 0.226 e. The normalized spacial score (nSPS) is 22.4. The largest absolute Gasteiger partial charge is 0.354 e. The van der Waals surface area contributed by atoms with Gasteiger partial charge in [-0.05, 0) is 36.5 Å². The monoisotopic (exact) mass is 346 g/mol. The van der Waals surface area contributed by atoms with Crippen LogP contribution in [-0.2, 0) is 4.79 Å². The van der Waals surface area contributed by atoms with Crippen molar-refractivity contribution in [1.29, 1.82) is 5.26 Å². The van der Waals surface area contributed by atoms with E-state index in [-0.39, 0.29) is 11.8 Å². The number of hydrogen-bond donors (Lipinski definition) is 0. The zero-order valence-electron chi connectivity index (χ0n) is 14.7. The smallest absolute Gasteiger partial charge is 0.226 e. The molecule has 2 aromatic rings. The standard InChI is InChI=1S/C21H22N4O/c22-15-17-8-4-9-23-20(17)24-10-5-11-25(13-12-24)21(26)19-14-18(19)16-6-2-1-3-7-16/h1-4,6-9,18-19H,5,10-14H2/t18-,19-/m1/s1. The molecule has 1 aromatic carbocycles. The van der Waals surface area contributed by atoms with E-state index in [0.29, 0.717) is 18.0 Å². The van der Waals surface area contributed by atoms with Crippen molar-refractivity contribution in [2.24, 2.45) is 5.92 Å². The lowest BCUT2D eigenvalue weighted by atomic mass is 10.1. The van der Waals surface area contributed by atoms with Crippen molar-refractivity contribution in [3.8, 4) is 6.07 Å². The topological polar surface area (TPSA) is 60.2 Å². The summed E-state index contributed by atoms with van der Waals surface area (Å²) in [7, 11) is 0. The number of nitriles is 1. The number of amides is 1. The van der Waals surface area contributed by atoms with Crippen LogP contribution in [0.25, 0.3) is 0 Å². The summed E-state index contributed by atoms with van der Waals surface area (Å²) < 4.78 is 0. The summed E-state index contributed by atoms with van der Waals surface area (Å²) in [6.45, 7) is 3.02. The van der Waals surface area contributed by atoms with Gasteiger partial charge in [0.15, 0.2) is 0 Å².